The van der Waals surface area contributed by atoms with E-state index in [9.17, 15) is 13.2 Å². The maximum Gasteiger partial charge on any atom is 0.264 e. The number of nitrogens with zero attached hydrogens (tertiary/aromatic N) is 1. The highest BCUT2D eigenvalue weighted by Crippen LogP contribution is 2.23. The molecule has 1 atom stereocenters. The summed E-state index contributed by atoms with van der Waals surface area (Å²) in [5.41, 5.74) is 6.80. The van der Waals surface area contributed by atoms with Crippen molar-refractivity contribution in [3.05, 3.63) is 54.6 Å². The fourth-order valence-electron chi connectivity index (χ4n) is 2.28. The average Bonchev–Trinajstić information content (AvgIpc) is 2.66. The second-order valence-corrected chi connectivity index (χ2v) is 8.67. The van der Waals surface area contributed by atoms with Crippen LogP contribution >= 0.6 is 11.8 Å². The van der Waals surface area contributed by atoms with E-state index in [0.717, 1.165) is 5.75 Å². The van der Waals surface area contributed by atoms with Crippen LogP contribution in [0.15, 0.2) is 59.5 Å². The van der Waals surface area contributed by atoms with Gasteiger partial charge in [0, 0.05) is 12.7 Å². The fourth-order valence-corrected chi connectivity index (χ4v) is 4.01. The number of sulfonamides is 1. The van der Waals surface area contributed by atoms with Gasteiger partial charge in [0.05, 0.1) is 16.6 Å². The van der Waals surface area contributed by atoms with Gasteiger partial charge in [-0.05, 0) is 48.8 Å². The number of thioether (sulfide) groups is 1. The van der Waals surface area contributed by atoms with Crippen LogP contribution in [0.4, 0.5) is 11.4 Å². The van der Waals surface area contributed by atoms with Gasteiger partial charge in [-0.3, -0.25) is 9.10 Å². The molecule has 0 bridgehead atoms. The summed E-state index contributed by atoms with van der Waals surface area (Å²) in [5, 5.41) is 2.69. The Hall–Kier alpha value is -2.03. The van der Waals surface area contributed by atoms with Crippen LogP contribution in [0, 0.1) is 0 Å². The lowest BCUT2D eigenvalue weighted by Crippen LogP contribution is -2.36. The largest absolute Gasteiger partial charge is 0.325 e. The number of nitrogens with two attached hydrogens (primary N) is 1. The molecule has 0 aromatic heterocycles. The highest BCUT2D eigenvalue weighted by molar-refractivity contribution is 7.98. The van der Waals surface area contributed by atoms with Gasteiger partial charge in [-0.25, -0.2) is 8.42 Å². The minimum atomic E-state index is -3.74. The first-order valence-corrected chi connectivity index (χ1v) is 10.9. The first kappa shape index (κ1) is 20.3. The summed E-state index contributed by atoms with van der Waals surface area (Å²) < 4.78 is 26.9. The molecule has 0 aliphatic carbocycles. The summed E-state index contributed by atoms with van der Waals surface area (Å²) in [6.45, 7) is 0. The smallest absolute Gasteiger partial charge is 0.264 e. The van der Waals surface area contributed by atoms with E-state index in [1.54, 1.807) is 48.2 Å². The second kappa shape index (κ2) is 9.07. The number of amides is 1. The van der Waals surface area contributed by atoms with Crippen LogP contribution in [0.25, 0.3) is 0 Å². The molecule has 1 amide bonds. The molecule has 0 radical (unpaired) electrons. The molecule has 2 aromatic carbocycles. The number of hydrogen-bond acceptors (Lipinski definition) is 5. The molecule has 0 fully saturated rings. The molecule has 0 saturated carbocycles. The lowest BCUT2D eigenvalue weighted by atomic mass is 10.2. The van der Waals surface area contributed by atoms with Gasteiger partial charge in [-0.15, -0.1) is 0 Å². The van der Waals surface area contributed by atoms with E-state index in [-0.39, 0.29) is 10.8 Å². The minimum absolute atomic E-state index is 0.0966. The van der Waals surface area contributed by atoms with Crippen molar-refractivity contribution < 1.29 is 13.2 Å². The molecule has 26 heavy (non-hydrogen) atoms. The van der Waals surface area contributed by atoms with E-state index in [4.69, 9.17) is 5.73 Å². The van der Waals surface area contributed by atoms with E-state index in [1.165, 1.54) is 23.5 Å². The van der Waals surface area contributed by atoms with Crippen molar-refractivity contribution >= 4 is 39.1 Å². The Bertz CT molecular complexity index is 842. The third kappa shape index (κ3) is 5.00. The van der Waals surface area contributed by atoms with Crippen LogP contribution in [-0.4, -0.2) is 39.4 Å². The Balaban J connectivity index is 2.19. The Morgan fingerprint density at radius 3 is 2.54 bits per heavy atom. The maximum atomic E-state index is 12.8. The summed E-state index contributed by atoms with van der Waals surface area (Å²) in [7, 11) is -2.24. The van der Waals surface area contributed by atoms with Gasteiger partial charge in [-0.2, -0.15) is 11.8 Å². The van der Waals surface area contributed by atoms with Gasteiger partial charge in [0.15, 0.2) is 0 Å². The van der Waals surface area contributed by atoms with E-state index in [0.29, 0.717) is 17.8 Å². The van der Waals surface area contributed by atoms with Crippen molar-refractivity contribution in [2.75, 3.05) is 28.7 Å². The molecule has 0 aliphatic rings. The van der Waals surface area contributed by atoms with Crippen molar-refractivity contribution in [3.8, 4) is 0 Å². The predicted molar refractivity (Wildman–Crippen MR) is 108 cm³/mol. The number of anilines is 2. The molecule has 3 N–H and O–H groups in total. The van der Waals surface area contributed by atoms with Crippen LogP contribution < -0.4 is 15.4 Å². The zero-order valence-corrected chi connectivity index (χ0v) is 16.4. The van der Waals surface area contributed by atoms with Crippen LogP contribution in [0.5, 0.6) is 0 Å². The molecule has 8 heteroatoms. The molecule has 140 valence electrons. The van der Waals surface area contributed by atoms with Crippen molar-refractivity contribution in [2.45, 2.75) is 17.4 Å². The average molecular weight is 394 g/mol. The van der Waals surface area contributed by atoms with E-state index in [2.05, 4.69) is 5.32 Å². The topological polar surface area (TPSA) is 92.5 Å². The monoisotopic (exact) mass is 393 g/mol. The molecule has 0 unspecified atom stereocenters. The molecule has 0 heterocycles. The summed E-state index contributed by atoms with van der Waals surface area (Å²) in [6.07, 6.45) is 2.50. The number of benzene rings is 2. The van der Waals surface area contributed by atoms with Gasteiger partial charge < -0.3 is 11.1 Å². The maximum absolute atomic E-state index is 12.8. The second-order valence-electron chi connectivity index (χ2n) is 5.71. The lowest BCUT2D eigenvalue weighted by Gasteiger charge is -2.20. The number of carbonyl (C=O) groups is 1. The lowest BCUT2D eigenvalue weighted by molar-refractivity contribution is -0.117. The predicted octanol–water partition coefficient (Wildman–Crippen LogP) is 2.53. The number of rotatable bonds is 8. The highest BCUT2D eigenvalue weighted by Gasteiger charge is 2.22. The first-order valence-electron chi connectivity index (χ1n) is 8.05. The normalized spacial score (nSPS) is 12.4. The number of nitrogens with one attached hydrogen (secondary N) is 1. The van der Waals surface area contributed by atoms with Gasteiger partial charge in [0.25, 0.3) is 10.0 Å². The van der Waals surface area contributed by atoms with Crippen LogP contribution in [0.3, 0.4) is 0 Å². The molecule has 2 aromatic rings. The van der Waals surface area contributed by atoms with E-state index >= 15 is 0 Å². The molecule has 0 saturated heterocycles. The first-order chi connectivity index (χ1) is 12.4. The molecule has 0 spiro atoms. The highest BCUT2D eigenvalue weighted by atomic mass is 32.2. The fraction of sp³-hybridized carbons (Fsp3) is 0.278. The van der Waals surface area contributed by atoms with E-state index in [1.807, 2.05) is 12.3 Å². The standard InChI is InChI=1S/C18H23N3O3S2/c1-21(15-8-4-3-5-9-15)26(23,24)16-10-6-7-14(13-16)20-18(22)17(19)11-12-25-2/h3-10,13,17H,11-12,19H2,1-2H3,(H,20,22)/t17-/m0/s1. The third-order valence-corrected chi connectivity index (χ3v) is 6.28. The summed E-state index contributed by atoms with van der Waals surface area (Å²) in [4.78, 5) is 12.2. The molecular formula is C18H23N3O3S2. The molecule has 6 nitrogen and oxygen atoms in total. The molecule has 2 rings (SSSR count). The van der Waals surface area contributed by atoms with E-state index < -0.39 is 16.1 Å². The molecule has 0 aliphatic heterocycles. The zero-order valence-electron chi connectivity index (χ0n) is 14.8. The van der Waals surface area contributed by atoms with Gasteiger partial charge in [-0.1, -0.05) is 24.3 Å². The Morgan fingerprint density at radius 2 is 1.88 bits per heavy atom. The van der Waals surface area contributed by atoms with Crippen molar-refractivity contribution in [1.29, 1.82) is 0 Å². The third-order valence-electron chi connectivity index (χ3n) is 3.85. The van der Waals surface area contributed by atoms with Crippen LogP contribution in [0.2, 0.25) is 0 Å². The Labute approximate surface area is 158 Å². The SMILES string of the molecule is CSCC[C@H](N)C(=O)Nc1cccc(S(=O)(=O)N(C)c2ccccc2)c1. The van der Waals surface area contributed by atoms with Gasteiger partial charge in [0.1, 0.15) is 0 Å². The number of para-hydroxylation sites is 1. The van der Waals surface area contributed by atoms with Crippen LogP contribution in [-0.2, 0) is 14.8 Å². The quantitative estimate of drug-likeness (QED) is 0.719. The van der Waals surface area contributed by atoms with Crippen molar-refractivity contribution in [1.82, 2.24) is 0 Å². The minimum Gasteiger partial charge on any atom is -0.325 e. The Kier molecular flexibility index (Phi) is 7.07. The Morgan fingerprint density at radius 1 is 1.19 bits per heavy atom. The summed E-state index contributed by atoms with van der Waals surface area (Å²) in [6, 6.07) is 14.3. The summed E-state index contributed by atoms with van der Waals surface area (Å²) >= 11 is 1.62. The van der Waals surface area contributed by atoms with Gasteiger partial charge >= 0.3 is 0 Å². The number of carbonyl (C=O) groups excluding carboxylic acids is 1. The summed E-state index contributed by atoms with van der Waals surface area (Å²) in [5.74, 6) is 0.454. The zero-order chi connectivity index (χ0) is 19.2. The van der Waals surface area contributed by atoms with Gasteiger partial charge in [0.2, 0.25) is 5.91 Å². The van der Waals surface area contributed by atoms with Crippen LogP contribution in [0.1, 0.15) is 6.42 Å². The number of hydrogen-bond donors (Lipinski definition) is 2. The van der Waals surface area contributed by atoms with Crippen molar-refractivity contribution in [2.24, 2.45) is 5.73 Å². The van der Waals surface area contributed by atoms with Crippen molar-refractivity contribution in [3.63, 3.8) is 0 Å². The molecular weight excluding hydrogens is 370 g/mol.